The second-order valence-corrected chi connectivity index (χ2v) is 5.15. The van der Waals surface area contributed by atoms with Gasteiger partial charge in [0.1, 0.15) is 0 Å². The molecule has 0 bridgehead atoms. The fourth-order valence-corrected chi connectivity index (χ4v) is 2.39. The van der Waals surface area contributed by atoms with Gasteiger partial charge < -0.3 is 10.1 Å². The lowest BCUT2D eigenvalue weighted by Gasteiger charge is -2.17. The second kappa shape index (κ2) is 7.36. The lowest BCUT2D eigenvalue weighted by molar-refractivity contribution is 0.125. The molecule has 0 spiro atoms. The zero-order valence-corrected chi connectivity index (χ0v) is 12.6. The predicted molar refractivity (Wildman–Crippen MR) is 84.0 cm³/mol. The Kier molecular flexibility index (Phi) is 5.50. The average Bonchev–Trinajstić information content (AvgIpc) is 2.47. The molecule has 2 rings (SSSR count). The van der Waals surface area contributed by atoms with Crippen LogP contribution in [0.2, 0.25) is 0 Å². The van der Waals surface area contributed by atoms with Crippen LogP contribution in [-0.4, -0.2) is 25.2 Å². The molecule has 3 nitrogen and oxygen atoms in total. The Labute approximate surface area is 121 Å². The average molecular weight is 272 g/mol. The van der Waals surface area contributed by atoms with Gasteiger partial charge in [0.05, 0.1) is 5.52 Å². The van der Waals surface area contributed by atoms with Crippen molar-refractivity contribution >= 4 is 10.9 Å². The lowest BCUT2D eigenvalue weighted by atomic mass is 10.0. The minimum Gasteiger partial charge on any atom is -0.381 e. The van der Waals surface area contributed by atoms with Crippen molar-refractivity contribution in [1.82, 2.24) is 10.3 Å². The summed E-state index contributed by atoms with van der Waals surface area (Å²) in [5.74, 6) is 0. The normalized spacial score (nSPS) is 12.8. The summed E-state index contributed by atoms with van der Waals surface area (Å²) in [6, 6.07) is 11.0. The van der Waals surface area contributed by atoms with Gasteiger partial charge in [-0.3, -0.25) is 4.98 Å². The number of rotatable bonds is 7. The van der Waals surface area contributed by atoms with Gasteiger partial charge in [0.15, 0.2) is 0 Å². The number of pyridine rings is 1. The van der Waals surface area contributed by atoms with Gasteiger partial charge in [0, 0.05) is 30.3 Å². The van der Waals surface area contributed by atoms with E-state index in [9.17, 15) is 0 Å². The first kappa shape index (κ1) is 14.9. The molecule has 1 unspecified atom stereocenters. The summed E-state index contributed by atoms with van der Waals surface area (Å²) < 4.78 is 5.59. The molecule has 0 fully saturated rings. The summed E-state index contributed by atoms with van der Waals surface area (Å²) in [5, 5.41) is 4.57. The molecule has 1 N–H and O–H groups in total. The smallest absolute Gasteiger partial charge is 0.0705 e. The van der Waals surface area contributed by atoms with E-state index in [0.29, 0.717) is 6.04 Å². The number of nitrogens with zero attached hydrogens (tertiary/aromatic N) is 1. The molecule has 0 amide bonds. The predicted octanol–water partition coefficient (Wildman–Crippen LogP) is 3.62. The third kappa shape index (κ3) is 3.78. The van der Waals surface area contributed by atoms with Crippen LogP contribution in [0.5, 0.6) is 0 Å². The first-order valence-corrected chi connectivity index (χ1v) is 7.37. The van der Waals surface area contributed by atoms with Crippen molar-refractivity contribution in [3.63, 3.8) is 0 Å². The molecule has 1 atom stereocenters. The molecule has 0 aliphatic carbocycles. The minimum absolute atomic E-state index is 0.331. The van der Waals surface area contributed by atoms with E-state index in [2.05, 4.69) is 47.6 Å². The molecule has 20 heavy (non-hydrogen) atoms. The summed E-state index contributed by atoms with van der Waals surface area (Å²) in [5.41, 5.74) is 3.42. The SMILES string of the molecule is CCCOCCC(NC)c1ccc2nc(C)ccc2c1. The number of benzene rings is 1. The second-order valence-electron chi connectivity index (χ2n) is 5.15. The molecule has 0 aliphatic rings. The summed E-state index contributed by atoms with van der Waals surface area (Å²) in [7, 11) is 2.00. The minimum atomic E-state index is 0.331. The van der Waals surface area contributed by atoms with Crippen LogP contribution in [0, 0.1) is 6.92 Å². The number of fused-ring (bicyclic) bond motifs is 1. The molecule has 2 aromatic rings. The van der Waals surface area contributed by atoms with Crippen LogP contribution in [0.15, 0.2) is 30.3 Å². The number of ether oxygens (including phenoxy) is 1. The highest BCUT2D eigenvalue weighted by Crippen LogP contribution is 2.21. The van der Waals surface area contributed by atoms with E-state index in [4.69, 9.17) is 4.74 Å². The van der Waals surface area contributed by atoms with Crippen LogP contribution in [0.4, 0.5) is 0 Å². The Morgan fingerprint density at radius 1 is 1.20 bits per heavy atom. The Morgan fingerprint density at radius 2 is 2.05 bits per heavy atom. The molecule has 1 aromatic carbocycles. The number of aromatic nitrogens is 1. The molecule has 0 saturated heterocycles. The largest absolute Gasteiger partial charge is 0.381 e. The van der Waals surface area contributed by atoms with Crippen LogP contribution in [0.3, 0.4) is 0 Å². The van der Waals surface area contributed by atoms with Crippen molar-refractivity contribution in [3.05, 3.63) is 41.6 Å². The van der Waals surface area contributed by atoms with Gasteiger partial charge >= 0.3 is 0 Å². The van der Waals surface area contributed by atoms with E-state index in [0.717, 1.165) is 37.3 Å². The zero-order valence-electron chi connectivity index (χ0n) is 12.6. The molecule has 3 heteroatoms. The molecular weight excluding hydrogens is 248 g/mol. The van der Waals surface area contributed by atoms with E-state index in [1.165, 1.54) is 10.9 Å². The van der Waals surface area contributed by atoms with E-state index < -0.39 is 0 Å². The highest BCUT2D eigenvalue weighted by atomic mass is 16.5. The Morgan fingerprint density at radius 3 is 2.80 bits per heavy atom. The molecule has 0 radical (unpaired) electrons. The molecule has 0 saturated carbocycles. The van der Waals surface area contributed by atoms with Gasteiger partial charge in [-0.15, -0.1) is 0 Å². The van der Waals surface area contributed by atoms with Crippen molar-refractivity contribution in [2.24, 2.45) is 0 Å². The summed E-state index contributed by atoms with van der Waals surface area (Å²) in [4.78, 5) is 4.54. The van der Waals surface area contributed by atoms with E-state index >= 15 is 0 Å². The number of hydrogen-bond donors (Lipinski definition) is 1. The Balaban J connectivity index is 2.11. The number of hydrogen-bond acceptors (Lipinski definition) is 3. The molecule has 1 heterocycles. The third-order valence-corrected chi connectivity index (χ3v) is 3.50. The van der Waals surface area contributed by atoms with Crippen LogP contribution < -0.4 is 5.32 Å². The van der Waals surface area contributed by atoms with Gasteiger partial charge in [-0.25, -0.2) is 0 Å². The highest BCUT2D eigenvalue weighted by Gasteiger charge is 2.10. The summed E-state index contributed by atoms with van der Waals surface area (Å²) in [6.45, 7) is 5.80. The Bertz CT molecular complexity index is 554. The van der Waals surface area contributed by atoms with Crippen molar-refractivity contribution in [2.45, 2.75) is 32.7 Å². The lowest BCUT2D eigenvalue weighted by Crippen LogP contribution is -2.18. The quantitative estimate of drug-likeness (QED) is 0.782. The summed E-state index contributed by atoms with van der Waals surface area (Å²) >= 11 is 0. The molecule has 0 aliphatic heterocycles. The fraction of sp³-hybridized carbons (Fsp3) is 0.471. The maximum atomic E-state index is 5.59. The standard InChI is InChI=1S/C17H24N2O/c1-4-10-20-11-9-16(18-3)14-7-8-17-15(12-14)6-5-13(2)19-17/h5-8,12,16,18H,4,9-11H2,1-3H3. The highest BCUT2D eigenvalue weighted by molar-refractivity contribution is 5.79. The maximum absolute atomic E-state index is 5.59. The van der Waals surface area contributed by atoms with Crippen molar-refractivity contribution < 1.29 is 4.74 Å². The van der Waals surface area contributed by atoms with Crippen molar-refractivity contribution in [3.8, 4) is 0 Å². The van der Waals surface area contributed by atoms with Crippen LogP contribution >= 0.6 is 0 Å². The molecule has 108 valence electrons. The van der Waals surface area contributed by atoms with Crippen LogP contribution in [0.1, 0.15) is 37.1 Å². The van der Waals surface area contributed by atoms with E-state index in [-0.39, 0.29) is 0 Å². The first-order chi connectivity index (χ1) is 9.74. The summed E-state index contributed by atoms with van der Waals surface area (Å²) in [6.07, 6.45) is 2.06. The molecular formula is C17H24N2O. The monoisotopic (exact) mass is 272 g/mol. The van der Waals surface area contributed by atoms with E-state index in [1.807, 2.05) is 14.0 Å². The van der Waals surface area contributed by atoms with E-state index in [1.54, 1.807) is 0 Å². The van der Waals surface area contributed by atoms with Crippen LogP contribution in [0.25, 0.3) is 10.9 Å². The number of aryl methyl sites for hydroxylation is 1. The zero-order chi connectivity index (χ0) is 14.4. The number of nitrogens with one attached hydrogen (secondary N) is 1. The maximum Gasteiger partial charge on any atom is 0.0705 e. The fourth-order valence-electron chi connectivity index (χ4n) is 2.39. The van der Waals surface area contributed by atoms with Gasteiger partial charge in [-0.05, 0) is 50.6 Å². The van der Waals surface area contributed by atoms with Gasteiger partial charge in [0.25, 0.3) is 0 Å². The van der Waals surface area contributed by atoms with Gasteiger partial charge in [-0.1, -0.05) is 19.1 Å². The topological polar surface area (TPSA) is 34.1 Å². The third-order valence-electron chi connectivity index (χ3n) is 3.50. The van der Waals surface area contributed by atoms with Gasteiger partial charge in [0.2, 0.25) is 0 Å². The first-order valence-electron chi connectivity index (χ1n) is 7.37. The van der Waals surface area contributed by atoms with Gasteiger partial charge in [-0.2, -0.15) is 0 Å². The van der Waals surface area contributed by atoms with Crippen molar-refractivity contribution in [2.75, 3.05) is 20.3 Å². The van der Waals surface area contributed by atoms with Crippen LogP contribution in [-0.2, 0) is 4.74 Å². The molecule has 1 aromatic heterocycles. The Hall–Kier alpha value is -1.45. The van der Waals surface area contributed by atoms with Crippen molar-refractivity contribution in [1.29, 1.82) is 0 Å².